The Hall–Kier alpha value is -1.42. The Bertz CT molecular complexity index is 390. The molecule has 0 aliphatic carbocycles. The topological polar surface area (TPSA) is 63.3 Å². The van der Waals surface area contributed by atoms with Crippen LogP contribution in [-0.2, 0) is 0 Å². The number of carboxylic acids is 1. The van der Waals surface area contributed by atoms with Crippen LogP contribution in [0, 0.1) is 12.7 Å². The number of aryl methyl sites for hydroxylation is 1. The number of benzene rings is 1. The lowest BCUT2D eigenvalue weighted by Crippen LogP contribution is -2.12. The minimum absolute atomic E-state index is 0.131. The van der Waals surface area contributed by atoms with E-state index in [0.717, 1.165) is 0 Å². The van der Waals surface area contributed by atoms with Gasteiger partial charge in [-0.25, -0.2) is 9.18 Å². The third-order valence-corrected chi connectivity index (χ3v) is 2.46. The van der Waals surface area contributed by atoms with E-state index in [9.17, 15) is 9.18 Å². The van der Waals surface area contributed by atoms with Gasteiger partial charge in [0.15, 0.2) is 0 Å². The summed E-state index contributed by atoms with van der Waals surface area (Å²) in [6.45, 7) is 3.63. The van der Waals surface area contributed by atoms with E-state index in [-0.39, 0.29) is 11.5 Å². The largest absolute Gasteiger partial charge is 0.478 e. The predicted octanol–water partition coefficient (Wildman–Crippen LogP) is 1.89. The fourth-order valence-corrected chi connectivity index (χ4v) is 1.42. The Kier molecular flexibility index (Phi) is 3.42. The standard InChI is InChI=1S/C11H14FNO2/c1-6-3-10(12)8(7(2)5-13)4-9(6)11(14)15/h3-4,7H,5,13H2,1-2H3,(H,14,15). The number of halogens is 1. The van der Waals surface area contributed by atoms with Gasteiger partial charge in [0.2, 0.25) is 0 Å². The lowest BCUT2D eigenvalue weighted by molar-refractivity contribution is 0.0696. The second-order valence-corrected chi connectivity index (χ2v) is 3.63. The minimum Gasteiger partial charge on any atom is -0.478 e. The quantitative estimate of drug-likeness (QED) is 0.802. The van der Waals surface area contributed by atoms with E-state index in [1.165, 1.54) is 12.1 Å². The number of carboxylic acid groups (broad SMARTS) is 1. The predicted molar refractivity (Wildman–Crippen MR) is 55.6 cm³/mol. The number of hydrogen-bond acceptors (Lipinski definition) is 2. The summed E-state index contributed by atoms with van der Waals surface area (Å²) < 4.78 is 13.5. The molecule has 1 aromatic carbocycles. The number of carbonyl (C=O) groups is 1. The summed E-state index contributed by atoms with van der Waals surface area (Å²) in [5.41, 5.74) is 6.34. The van der Waals surface area contributed by atoms with Crippen molar-refractivity contribution in [1.82, 2.24) is 0 Å². The maximum absolute atomic E-state index is 13.5. The van der Waals surface area contributed by atoms with Crippen molar-refractivity contribution in [3.63, 3.8) is 0 Å². The van der Waals surface area contributed by atoms with Gasteiger partial charge in [0, 0.05) is 0 Å². The summed E-state index contributed by atoms with van der Waals surface area (Å²) in [6.07, 6.45) is 0. The molecule has 0 fully saturated rings. The van der Waals surface area contributed by atoms with Gasteiger partial charge in [-0.2, -0.15) is 0 Å². The normalized spacial score (nSPS) is 12.5. The fourth-order valence-electron chi connectivity index (χ4n) is 1.42. The fraction of sp³-hybridized carbons (Fsp3) is 0.364. The van der Waals surface area contributed by atoms with Crippen LogP contribution in [0.3, 0.4) is 0 Å². The molecule has 3 nitrogen and oxygen atoms in total. The van der Waals surface area contributed by atoms with Crippen LogP contribution in [0.1, 0.15) is 34.3 Å². The molecule has 0 saturated heterocycles. The third kappa shape index (κ3) is 2.33. The highest BCUT2D eigenvalue weighted by atomic mass is 19.1. The number of hydrogen-bond donors (Lipinski definition) is 2. The summed E-state index contributed by atoms with van der Waals surface area (Å²) >= 11 is 0. The van der Waals surface area contributed by atoms with Gasteiger partial charge in [0.25, 0.3) is 0 Å². The van der Waals surface area contributed by atoms with Gasteiger partial charge in [-0.15, -0.1) is 0 Å². The molecule has 0 saturated carbocycles. The van der Waals surface area contributed by atoms with Crippen molar-refractivity contribution in [2.45, 2.75) is 19.8 Å². The van der Waals surface area contributed by atoms with Gasteiger partial charge in [0.05, 0.1) is 5.56 Å². The highest BCUT2D eigenvalue weighted by Crippen LogP contribution is 2.22. The molecule has 1 rings (SSSR count). The zero-order valence-electron chi connectivity index (χ0n) is 8.75. The van der Waals surface area contributed by atoms with Gasteiger partial charge in [0.1, 0.15) is 5.82 Å². The summed E-state index contributed by atoms with van der Waals surface area (Å²) in [7, 11) is 0. The molecule has 3 N–H and O–H groups in total. The van der Waals surface area contributed by atoms with Crippen molar-refractivity contribution in [3.05, 3.63) is 34.6 Å². The van der Waals surface area contributed by atoms with Crippen LogP contribution >= 0.6 is 0 Å². The summed E-state index contributed by atoms with van der Waals surface area (Å²) in [5, 5.41) is 8.88. The Balaban J connectivity index is 3.29. The molecule has 0 aliphatic rings. The molecule has 0 aliphatic heterocycles. The second kappa shape index (κ2) is 4.40. The first-order chi connectivity index (χ1) is 6.97. The average Bonchev–Trinajstić information content (AvgIpc) is 2.16. The van der Waals surface area contributed by atoms with Crippen LogP contribution in [-0.4, -0.2) is 17.6 Å². The lowest BCUT2D eigenvalue weighted by Gasteiger charge is -2.12. The first-order valence-corrected chi connectivity index (χ1v) is 4.70. The van der Waals surface area contributed by atoms with Gasteiger partial charge in [-0.1, -0.05) is 6.92 Å². The first-order valence-electron chi connectivity index (χ1n) is 4.70. The molecule has 4 heteroatoms. The zero-order chi connectivity index (χ0) is 11.6. The molecular weight excluding hydrogens is 197 g/mol. The molecule has 0 heterocycles. The SMILES string of the molecule is Cc1cc(F)c(C(C)CN)cc1C(=O)O. The molecule has 0 spiro atoms. The molecule has 0 aromatic heterocycles. The second-order valence-electron chi connectivity index (χ2n) is 3.63. The van der Waals surface area contributed by atoms with E-state index < -0.39 is 11.8 Å². The van der Waals surface area contributed by atoms with Crippen molar-refractivity contribution in [3.8, 4) is 0 Å². The van der Waals surface area contributed by atoms with Crippen LogP contribution in [0.15, 0.2) is 12.1 Å². The Labute approximate surface area is 87.7 Å². The molecule has 0 bridgehead atoms. The van der Waals surface area contributed by atoms with E-state index in [4.69, 9.17) is 10.8 Å². The van der Waals surface area contributed by atoms with Gasteiger partial charge < -0.3 is 10.8 Å². The van der Waals surface area contributed by atoms with Gasteiger partial charge in [-0.05, 0) is 42.6 Å². The Morgan fingerprint density at radius 3 is 2.67 bits per heavy atom. The maximum atomic E-state index is 13.5. The minimum atomic E-state index is -1.04. The molecule has 82 valence electrons. The van der Waals surface area contributed by atoms with Crippen LogP contribution in [0.25, 0.3) is 0 Å². The molecule has 1 aromatic rings. The highest BCUT2D eigenvalue weighted by Gasteiger charge is 2.15. The smallest absolute Gasteiger partial charge is 0.335 e. The molecule has 0 amide bonds. The molecular formula is C11H14FNO2. The maximum Gasteiger partial charge on any atom is 0.335 e. The highest BCUT2D eigenvalue weighted by molar-refractivity contribution is 5.89. The van der Waals surface area contributed by atoms with E-state index in [1.807, 2.05) is 0 Å². The van der Waals surface area contributed by atoms with Crippen molar-refractivity contribution >= 4 is 5.97 Å². The van der Waals surface area contributed by atoms with Crippen LogP contribution in [0.2, 0.25) is 0 Å². The number of rotatable bonds is 3. The van der Waals surface area contributed by atoms with Gasteiger partial charge >= 0.3 is 5.97 Å². The van der Waals surface area contributed by atoms with Crippen LogP contribution < -0.4 is 5.73 Å². The summed E-state index contributed by atoms with van der Waals surface area (Å²) in [5.74, 6) is -1.61. The van der Waals surface area contributed by atoms with E-state index >= 15 is 0 Å². The van der Waals surface area contributed by atoms with Crippen LogP contribution in [0.4, 0.5) is 4.39 Å². The van der Waals surface area contributed by atoms with Crippen molar-refractivity contribution in [2.75, 3.05) is 6.54 Å². The third-order valence-electron chi connectivity index (χ3n) is 2.46. The van der Waals surface area contributed by atoms with Crippen LogP contribution in [0.5, 0.6) is 0 Å². The monoisotopic (exact) mass is 211 g/mol. The van der Waals surface area contributed by atoms with Crippen molar-refractivity contribution in [1.29, 1.82) is 0 Å². The molecule has 0 radical (unpaired) electrons. The first kappa shape index (κ1) is 11.7. The summed E-state index contributed by atoms with van der Waals surface area (Å²) in [6, 6.07) is 2.61. The van der Waals surface area contributed by atoms with Crippen molar-refractivity contribution in [2.24, 2.45) is 5.73 Å². The lowest BCUT2D eigenvalue weighted by atomic mass is 9.96. The zero-order valence-corrected chi connectivity index (χ0v) is 8.75. The molecule has 1 unspecified atom stereocenters. The van der Waals surface area contributed by atoms with Crippen molar-refractivity contribution < 1.29 is 14.3 Å². The average molecular weight is 211 g/mol. The van der Waals surface area contributed by atoms with E-state index in [2.05, 4.69) is 0 Å². The molecule has 1 atom stereocenters. The van der Waals surface area contributed by atoms with E-state index in [0.29, 0.717) is 17.7 Å². The number of nitrogens with two attached hydrogens (primary N) is 1. The van der Waals surface area contributed by atoms with Gasteiger partial charge in [-0.3, -0.25) is 0 Å². The molecule has 15 heavy (non-hydrogen) atoms. The summed E-state index contributed by atoms with van der Waals surface area (Å²) in [4.78, 5) is 10.8. The number of aromatic carboxylic acids is 1. The van der Waals surface area contributed by atoms with E-state index in [1.54, 1.807) is 13.8 Å². The Morgan fingerprint density at radius 2 is 2.20 bits per heavy atom. The Morgan fingerprint density at radius 1 is 1.60 bits per heavy atom.